The molecule has 20 heavy (non-hydrogen) atoms. The summed E-state index contributed by atoms with van der Waals surface area (Å²) in [6.07, 6.45) is 12.2. The molecule has 0 spiro atoms. The number of nitrogens with one attached hydrogen (secondary N) is 1. The molecule has 2 atom stereocenters. The fourth-order valence-electron chi connectivity index (χ4n) is 4.24. The molecule has 2 unspecified atom stereocenters. The van der Waals surface area contributed by atoms with Crippen molar-refractivity contribution in [1.29, 1.82) is 0 Å². The summed E-state index contributed by atoms with van der Waals surface area (Å²) >= 11 is 0. The Labute approximate surface area is 122 Å². The van der Waals surface area contributed by atoms with Crippen LogP contribution >= 0.6 is 0 Å². The van der Waals surface area contributed by atoms with Gasteiger partial charge in [-0.1, -0.05) is 57.1 Å². The third-order valence-corrected chi connectivity index (χ3v) is 5.29. The highest BCUT2D eigenvalue weighted by molar-refractivity contribution is 5.45. The summed E-state index contributed by atoms with van der Waals surface area (Å²) in [6.45, 7) is 0. The molecular weight excluding hydrogens is 249 g/mol. The molecule has 1 N–H and O–H groups in total. The largest absolute Gasteiger partial charge is 0.380 e. The molecule has 2 saturated carbocycles. The van der Waals surface area contributed by atoms with E-state index in [1.807, 2.05) is 12.1 Å². The van der Waals surface area contributed by atoms with Crippen LogP contribution in [0.4, 0.5) is 10.1 Å². The smallest absolute Gasteiger partial charge is 0.146 e. The van der Waals surface area contributed by atoms with Crippen molar-refractivity contribution in [3.63, 3.8) is 0 Å². The number of hydrogen-bond donors (Lipinski definition) is 1. The zero-order valence-corrected chi connectivity index (χ0v) is 12.3. The molecule has 0 saturated heterocycles. The van der Waals surface area contributed by atoms with E-state index in [4.69, 9.17) is 0 Å². The summed E-state index contributed by atoms with van der Waals surface area (Å²) < 4.78 is 13.9. The Morgan fingerprint density at radius 3 is 2.35 bits per heavy atom. The SMILES string of the molecule is Fc1ccccc1NC1CCCCC1C1CCCCC1. The van der Waals surface area contributed by atoms with Crippen LogP contribution in [0.2, 0.25) is 0 Å². The van der Waals surface area contributed by atoms with Crippen molar-refractivity contribution in [3.05, 3.63) is 30.1 Å². The van der Waals surface area contributed by atoms with Crippen LogP contribution in [0.1, 0.15) is 57.8 Å². The molecule has 2 aliphatic rings. The van der Waals surface area contributed by atoms with Gasteiger partial charge in [-0.2, -0.15) is 0 Å². The Morgan fingerprint density at radius 2 is 1.55 bits per heavy atom. The van der Waals surface area contributed by atoms with Crippen molar-refractivity contribution < 1.29 is 4.39 Å². The van der Waals surface area contributed by atoms with Gasteiger partial charge in [0.15, 0.2) is 0 Å². The van der Waals surface area contributed by atoms with Crippen LogP contribution < -0.4 is 5.32 Å². The maximum absolute atomic E-state index is 13.9. The first-order valence-electron chi connectivity index (χ1n) is 8.35. The lowest BCUT2D eigenvalue weighted by Crippen LogP contribution is -2.37. The van der Waals surface area contributed by atoms with Crippen LogP contribution in [0, 0.1) is 17.7 Å². The minimum absolute atomic E-state index is 0.111. The van der Waals surface area contributed by atoms with Crippen LogP contribution in [-0.4, -0.2) is 6.04 Å². The van der Waals surface area contributed by atoms with Gasteiger partial charge in [0.2, 0.25) is 0 Å². The fourth-order valence-corrected chi connectivity index (χ4v) is 4.24. The first-order valence-corrected chi connectivity index (χ1v) is 8.35. The van der Waals surface area contributed by atoms with Gasteiger partial charge in [-0.25, -0.2) is 4.39 Å². The first kappa shape index (κ1) is 13.9. The van der Waals surface area contributed by atoms with Crippen LogP contribution in [-0.2, 0) is 0 Å². The quantitative estimate of drug-likeness (QED) is 0.781. The van der Waals surface area contributed by atoms with E-state index in [0.29, 0.717) is 11.7 Å². The molecule has 2 heteroatoms. The standard InChI is InChI=1S/C18H26FN/c19-16-11-5-7-13-18(16)20-17-12-6-4-10-15(17)14-8-2-1-3-9-14/h5,7,11,13-15,17,20H,1-4,6,8-10,12H2. The summed E-state index contributed by atoms with van der Waals surface area (Å²) in [7, 11) is 0. The summed E-state index contributed by atoms with van der Waals surface area (Å²) in [5.74, 6) is 1.51. The topological polar surface area (TPSA) is 12.0 Å². The van der Waals surface area contributed by atoms with Gasteiger partial charge < -0.3 is 5.32 Å². The van der Waals surface area contributed by atoms with Gasteiger partial charge in [0.1, 0.15) is 5.82 Å². The maximum Gasteiger partial charge on any atom is 0.146 e. The second kappa shape index (κ2) is 6.60. The number of hydrogen-bond acceptors (Lipinski definition) is 1. The molecule has 2 fully saturated rings. The number of benzene rings is 1. The van der Waals surface area contributed by atoms with Crippen molar-refractivity contribution in [1.82, 2.24) is 0 Å². The van der Waals surface area contributed by atoms with Crippen molar-refractivity contribution in [2.24, 2.45) is 11.8 Å². The molecule has 0 aliphatic heterocycles. The van der Waals surface area contributed by atoms with Crippen molar-refractivity contribution in [3.8, 4) is 0 Å². The highest BCUT2D eigenvalue weighted by Crippen LogP contribution is 2.39. The molecule has 3 rings (SSSR count). The summed E-state index contributed by atoms with van der Waals surface area (Å²) in [6, 6.07) is 7.59. The predicted molar refractivity (Wildman–Crippen MR) is 82.3 cm³/mol. The monoisotopic (exact) mass is 275 g/mol. The van der Waals surface area contributed by atoms with E-state index in [-0.39, 0.29) is 5.82 Å². The molecule has 110 valence electrons. The minimum Gasteiger partial charge on any atom is -0.380 e. The summed E-state index contributed by atoms with van der Waals surface area (Å²) in [5.41, 5.74) is 0.695. The Bertz CT molecular complexity index is 425. The number of rotatable bonds is 3. The molecule has 0 bridgehead atoms. The van der Waals surface area contributed by atoms with E-state index in [0.717, 1.165) is 11.8 Å². The summed E-state index contributed by atoms with van der Waals surface area (Å²) in [4.78, 5) is 0. The van der Waals surface area contributed by atoms with E-state index in [1.165, 1.54) is 57.8 Å². The highest BCUT2D eigenvalue weighted by atomic mass is 19.1. The lowest BCUT2D eigenvalue weighted by atomic mass is 9.71. The molecule has 1 nitrogen and oxygen atoms in total. The van der Waals surface area contributed by atoms with Crippen LogP contribution in [0.25, 0.3) is 0 Å². The third-order valence-electron chi connectivity index (χ3n) is 5.29. The molecule has 1 aromatic carbocycles. The lowest BCUT2D eigenvalue weighted by Gasteiger charge is -2.39. The van der Waals surface area contributed by atoms with Crippen molar-refractivity contribution in [2.75, 3.05) is 5.32 Å². The highest BCUT2D eigenvalue weighted by Gasteiger charge is 2.32. The second-order valence-corrected chi connectivity index (χ2v) is 6.58. The minimum atomic E-state index is -0.111. The summed E-state index contributed by atoms with van der Waals surface area (Å²) in [5, 5.41) is 3.52. The molecule has 0 amide bonds. The van der Waals surface area contributed by atoms with Crippen LogP contribution in [0.15, 0.2) is 24.3 Å². The van der Waals surface area contributed by atoms with Crippen molar-refractivity contribution in [2.45, 2.75) is 63.8 Å². The van der Waals surface area contributed by atoms with E-state index >= 15 is 0 Å². The lowest BCUT2D eigenvalue weighted by molar-refractivity contribution is 0.180. The zero-order valence-electron chi connectivity index (χ0n) is 12.3. The number of anilines is 1. The zero-order chi connectivity index (χ0) is 13.8. The van der Waals surface area contributed by atoms with Gasteiger partial charge in [-0.15, -0.1) is 0 Å². The predicted octanol–water partition coefficient (Wildman–Crippen LogP) is 5.38. The van der Waals surface area contributed by atoms with Gasteiger partial charge in [-0.3, -0.25) is 0 Å². The van der Waals surface area contributed by atoms with Gasteiger partial charge >= 0.3 is 0 Å². The van der Waals surface area contributed by atoms with Gasteiger partial charge in [0.25, 0.3) is 0 Å². The van der Waals surface area contributed by atoms with E-state index in [1.54, 1.807) is 12.1 Å². The fraction of sp³-hybridized carbons (Fsp3) is 0.667. The Balaban J connectivity index is 1.70. The average Bonchev–Trinajstić information content (AvgIpc) is 2.51. The average molecular weight is 275 g/mol. The van der Waals surface area contributed by atoms with Crippen LogP contribution in [0.5, 0.6) is 0 Å². The Kier molecular flexibility index (Phi) is 4.59. The maximum atomic E-state index is 13.9. The second-order valence-electron chi connectivity index (χ2n) is 6.58. The van der Waals surface area contributed by atoms with Gasteiger partial charge in [0, 0.05) is 6.04 Å². The Hall–Kier alpha value is -1.05. The third kappa shape index (κ3) is 3.16. The molecule has 0 radical (unpaired) electrons. The van der Waals surface area contributed by atoms with Gasteiger partial charge in [-0.05, 0) is 36.8 Å². The van der Waals surface area contributed by atoms with Crippen LogP contribution in [0.3, 0.4) is 0 Å². The van der Waals surface area contributed by atoms with Gasteiger partial charge in [0.05, 0.1) is 5.69 Å². The Morgan fingerprint density at radius 1 is 0.850 bits per heavy atom. The van der Waals surface area contributed by atoms with E-state index < -0.39 is 0 Å². The molecule has 2 aliphatic carbocycles. The number of para-hydroxylation sites is 1. The molecular formula is C18H26FN. The number of halogens is 1. The molecule has 0 heterocycles. The van der Waals surface area contributed by atoms with E-state index in [2.05, 4.69) is 5.32 Å². The normalized spacial score (nSPS) is 28.2. The molecule has 0 aromatic heterocycles. The first-order chi connectivity index (χ1) is 9.84. The molecule has 1 aromatic rings. The van der Waals surface area contributed by atoms with Crippen molar-refractivity contribution >= 4 is 5.69 Å². The van der Waals surface area contributed by atoms with E-state index in [9.17, 15) is 4.39 Å².